The molecule has 3 amide bonds. The van der Waals surface area contributed by atoms with E-state index in [1.165, 1.54) is 6.92 Å². The van der Waals surface area contributed by atoms with E-state index in [-0.39, 0.29) is 36.6 Å². The Labute approximate surface area is 193 Å². The van der Waals surface area contributed by atoms with Gasteiger partial charge in [-0.25, -0.2) is 0 Å². The topological polar surface area (TPSA) is 126 Å². The summed E-state index contributed by atoms with van der Waals surface area (Å²) in [5, 5.41) is 13.0. The SMILES string of the molecule is CC(=O)NC1(c2noc(CCC(=O)Nc3cccc(C(=O)NC4CC4)c3)n2)CCCCCC1. The molecule has 2 saturated carbocycles. The van der Waals surface area contributed by atoms with E-state index in [9.17, 15) is 14.4 Å². The van der Waals surface area contributed by atoms with Crippen LogP contribution in [0.5, 0.6) is 0 Å². The maximum absolute atomic E-state index is 12.5. The van der Waals surface area contributed by atoms with Crippen molar-refractivity contribution in [3.05, 3.63) is 41.5 Å². The van der Waals surface area contributed by atoms with Crippen molar-refractivity contribution in [1.29, 1.82) is 0 Å². The maximum Gasteiger partial charge on any atom is 0.251 e. The van der Waals surface area contributed by atoms with Gasteiger partial charge in [0.2, 0.25) is 17.7 Å². The van der Waals surface area contributed by atoms with Crippen LogP contribution in [0.4, 0.5) is 5.69 Å². The summed E-state index contributed by atoms with van der Waals surface area (Å²) in [7, 11) is 0. The lowest BCUT2D eigenvalue weighted by Crippen LogP contribution is -2.45. The highest BCUT2D eigenvalue weighted by atomic mass is 16.5. The monoisotopic (exact) mass is 453 g/mol. The largest absolute Gasteiger partial charge is 0.349 e. The fourth-order valence-corrected chi connectivity index (χ4v) is 4.30. The predicted octanol–water partition coefficient (Wildman–Crippen LogP) is 3.22. The first kappa shape index (κ1) is 22.9. The fraction of sp³-hybridized carbons (Fsp3) is 0.542. The Kier molecular flexibility index (Phi) is 7.05. The van der Waals surface area contributed by atoms with Crippen LogP contribution in [-0.2, 0) is 21.5 Å². The third-order valence-corrected chi connectivity index (χ3v) is 6.16. The van der Waals surface area contributed by atoms with Gasteiger partial charge in [0.1, 0.15) is 5.54 Å². The Balaban J connectivity index is 1.34. The average Bonchev–Trinajstić information content (AvgIpc) is 3.52. The number of benzene rings is 1. The molecule has 33 heavy (non-hydrogen) atoms. The smallest absolute Gasteiger partial charge is 0.251 e. The van der Waals surface area contributed by atoms with Crippen LogP contribution in [0.3, 0.4) is 0 Å². The Morgan fingerprint density at radius 3 is 2.58 bits per heavy atom. The summed E-state index contributed by atoms with van der Waals surface area (Å²) in [5.74, 6) is 0.408. The summed E-state index contributed by atoms with van der Waals surface area (Å²) in [5.41, 5.74) is 0.485. The summed E-state index contributed by atoms with van der Waals surface area (Å²) >= 11 is 0. The first-order valence-electron chi connectivity index (χ1n) is 11.8. The number of hydrogen-bond acceptors (Lipinski definition) is 6. The fourth-order valence-electron chi connectivity index (χ4n) is 4.30. The van der Waals surface area contributed by atoms with Gasteiger partial charge in [0.15, 0.2) is 5.82 Å². The summed E-state index contributed by atoms with van der Waals surface area (Å²) in [4.78, 5) is 41.0. The van der Waals surface area contributed by atoms with Crippen molar-refractivity contribution in [3.8, 4) is 0 Å². The van der Waals surface area contributed by atoms with Crippen LogP contribution in [0.1, 0.15) is 86.8 Å². The second kappa shape index (κ2) is 10.1. The number of hydrogen-bond donors (Lipinski definition) is 3. The predicted molar refractivity (Wildman–Crippen MR) is 121 cm³/mol. The number of aromatic nitrogens is 2. The molecule has 0 atom stereocenters. The standard InChI is InChI=1S/C24H31N5O4/c1-16(30)28-24(13-4-2-3-5-14-24)23-27-21(33-29-23)12-11-20(31)25-19-8-6-7-17(15-19)22(32)26-18-9-10-18/h6-8,15,18H,2-5,9-14H2,1H3,(H,25,31)(H,26,32)(H,28,30). The van der Waals surface area contributed by atoms with E-state index in [1.807, 2.05) is 0 Å². The maximum atomic E-state index is 12.5. The molecule has 9 nitrogen and oxygen atoms in total. The van der Waals surface area contributed by atoms with Crippen molar-refractivity contribution >= 4 is 23.4 Å². The van der Waals surface area contributed by atoms with Gasteiger partial charge in [-0.2, -0.15) is 4.98 Å². The number of rotatable bonds is 8. The summed E-state index contributed by atoms with van der Waals surface area (Å²) in [6, 6.07) is 7.17. The molecule has 3 N–H and O–H groups in total. The zero-order valence-electron chi connectivity index (χ0n) is 19.0. The zero-order chi connectivity index (χ0) is 23.3. The number of nitrogens with zero attached hydrogens (tertiary/aromatic N) is 2. The van der Waals surface area contributed by atoms with E-state index in [2.05, 4.69) is 26.1 Å². The summed E-state index contributed by atoms with van der Waals surface area (Å²) < 4.78 is 5.41. The van der Waals surface area contributed by atoms with E-state index < -0.39 is 5.54 Å². The Morgan fingerprint density at radius 1 is 1.12 bits per heavy atom. The molecule has 1 aromatic carbocycles. The molecule has 9 heteroatoms. The Bertz CT molecular complexity index is 1010. The van der Waals surface area contributed by atoms with Crippen LogP contribution >= 0.6 is 0 Å². The molecule has 176 valence electrons. The first-order valence-corrected chi connectivity index (χ1v) is 11.8. The molecule has 2 aliphatic rings. The zero-order valence-corrected chi connectivity index (χ0v) is 19.0. The van der Waals surface area contributed by atoms with Gasteiger partial charge in [0.25, 0.3) is 5.91 Å². The molecule has 1 heterocycles. The molecule has 0 spiro atoms. The van der Waals surface area contributed by atoms with Gasteiger partial charge < -0.3 is 20.5 Å². The Hall–Kier alpha value is -3.23. The molecule has 1 aromatic heterocycles. The first-order chi connectivity index (χ1) is 15.9. The number of anilines is 1. The van der Waals surface area contributed by atoms with Gasteiger partial charge in [-0.15, -0.1) is 0 Å². The molecular weight excluding hydrogens is 422 g/mol. The minimum Gasteiger partial charge on any atom is -0.349 e. The number of carbonyl (C=O) groups is 3. The molecule has 0 bridgehead atoms. The van der Waals surface area contributed by atoms with Crippen LogP contribution < -0.4 is 16.0 Å². The van der Waals surface area contributed by atoms with Gasteiger partial charge in [-0.3, -0.25) is 14.4 Å². The number of amides is 3. The number of aryl methyl sites for hydroxylation is 1. The lowest BCUT2D eigenvalue weighted by Gasteiger charge is -2.30. The molecule has 2 aromatic rings. The second-order valence-electron chi connectivity index (χ2n) is 9.07. The third-order valence-electron chi connectivity index (χ3n) is 6.16. The lowest BCUT2D eigenvalue weighted by molar-refractivity contribution is -0.121. The van der Waals surface area contributed by atoms with Crippen LogP contribution in [0.2, 0.25) is 0 Å². The van der Waals surface area contributed by atoms with E-state index in [0.29, 0.717) is 23.0 Å². The third kappa shape index (κ3) is 6.18. The highest BCUT2D eigenvalue weighted by Gasteiger charge is 2.38. The average molecular weight is 454 g/mol. The van der Waals surface area contributed by atoms with Crippen molar-refractivity contribution in [2.75, 3.05) is 5.32 Å². The van der Waals surface area contributed by atoms with Crippen molar-refractivity contribution in [2.24, 2.45) is 0 Å². The van der Waals surface area contributed by atoms with Crippen LogP contribution in [0.15, 0.2) is 28.8 Å². The van der Waals surface area contributed by atoms with E-state index >= 15 is 0 Å². The summed E-state index contributed by atoms with van der Waals surface area (Å²) in [6.45, 7) is 1.50. The molecule has 0 saturated heterocycles. The highest BCUT2D eigenvalue weighted by molar-refractivity contribution is 5.97. The van der Waals surface area contributed by atoms with Gasteiger partial charge in [-0.1, -0.05) is 36.9 Å². The van der Waals surface area contributed by atoms with E-state index in [1.54, 1.807) is 24.3 Å². The van der Waals surface area contributed by atoms with Crippen molar-refractivity contribution < 1.29 is 18.9 Å². The van der Waals surface area contributed by atoms with Crippen molar-refractivity contribution in [2.45, 2.75) is 82.7 Å². The Morgan fingerprint density at radius 2 is 1.88 bits per heavy atom. The summed E-state index contributed by atoms with van der Waals surface area (Å²) in [6.07, 6.45) is 8.26. The molecule has 0 aliphatic heterocycles. The van der Waals surface area contributed by atoms with Gasteiger partial charge >= 0.3 is 0 Å². The molecular formula is C24H31N5O4. The minimum absolute atomic E-state index is 0.115. The lowest BCUT2D eigenvalue weighted by atomic mass is 9.89. The molecule has 2 aliphatic carbocycles. The van der Waals surface area contributed by atoms with E-state index in [4.69, 9.17) is 4.52 Å². The van der Waals surface area contributed by atoms with Crippen molar-refractivity contribution in [1.82, 2.24) is 20.8 Å². The molecule has 0 radical (unpaired) electrons. The quantitative estimate of drug-likeness (QED) is 0.527. The van der Waals surface area contributed by atoms with Gasteiger partial charge in [0.05, 0.1) is 0 Å². The van der Waals surface area contributed by atoms with Crippen LogP contribution in [0, 0.1) is 0 Å². The normalized spacial score (nSPS) is 17.6. The molecule has 4 rings (SSSR count). The van der Waals surface area contributed by atoms with E-state index in [0.717, 1.165) is 51.4 Å². The van der Waals surface area contributed by atoms with Crippen molar-refractivity contribution in [3.63, 3.8) is 0 Å². The number of carbonyl (C=O) groups excluding carboxylic acids is 3. The number of nitrogens with one attached hydrogen (secondary N) is 3. The second-order valence-corrected chi connectivity index (χ2v) is 9.07. The molecule has 0 unspecified atom stereocenters. The van der Waals surface area contributed by atoms with Gasteiger partial charge in [0, 0.05) is 37.1 Å². The minimum atomic E-state index is -0.603. The van der Waals surface area contributed by atoms with Crippen LogP contribution in [0.25, 0.3) is 0 Å². The van der Waals surface area contributed by atoms with Crippen LogP contribution in [-0.4, -0.2) is 33.9 Å². The van der Waals surface area contributed by atoms with Gasteiger partial charge in [-0.05, 0) is 43.9 Å². The highest BCUT2D eigenvalue weighted by Crippen LogP contribution is 2.34. The molecule has 2 fully saturated rings.